The first-order valence-corrected chi connectivity index (χ1v) is 7.79. The van der Waals surface area contributed by atoms with Crippen LogP contribution in [0.5, 0.6) is 0 Å². The first kappa shape index (κ1) is 13.0. The summed E-state index contributed by atoms with van der Waals surface area (Å²) in [7, 11) is 0. The highest BCUT2D eigenvalue weighted by Gasteiger charge is 2.07. The fourth-order valence-corrected chi connectivity index (χ4v) is 3.46. The standard InChI is InChI=1S/C15H11NO2S2/c17-15(18)11-5-3-10(4-6-11)8-14-16-12(9-20-14)13-2-1-7-19-13/h1-7,9H,8H2,(H,17,18). The molecule has 2 heterocycles. The van der Waals surface area contributed by atoms with Gasteiger partial charge in [-0.05, 0) is 29.1 Å². The van der Waals surface area contributed by atoms with Crippen LogP contribution in [0.2, 0.25) is 0 Å². The molecule has 3 aromatic rings. The number of carboxylic acids is 1. The molecule has 0 aliphatic rings. The van der Waals surface area contributed by atoms with Crippen LogP contribution in [-0.4, -0.2) is 16.1 Å². The smallest absolute Gasteiger partial charge is 0.335 e. The van der Waals surface area contributed by atoms with Crippen molar-refractivity contribution >= 4 is 28.6 Å². The molecule has 0 aliphatic carbocycles. The second-order valence-electron chi connectivity index (χ2n) is 4.28. The fourth-order valence-electron chi connectivity index (χ4n) is 1.87. The van der Waals surface area contributed by atoms with Gasteiger partial charge in [-0.25, -0.2) is 9.78 Å². The van der Waals surface area contributed by atoms with Crippen LogP contribution < -0.4 is 0 Å². The lowest BCUT2D eigenvalue weighted by molar-refractivity contribution is 0.0697. The van der Waals surface area contributed by atoms with E-state index >= 15 is 0 Å². The topological polar surface area (TPSA) is 50.2 Å². The zero-order valence-corrected chi connectivity index (χ0v) is 12.1. The van der Waals surface area contributed by atoms with Crippen LogP contribution in [0.4, 0.5) is 0 Å². The summed E-state index contributed by atoms with van der Waals surface area (Å²) in [5.41, 5.74) is 2.40. The molecular weight excluding hydrogens is 290 g/mol. The molecule has 0 unspecified atom stereocenters. The molecule has 3 nitrogen and oxygen atoms in total. The van der Waals surface area contributed by atoms with Gasteiger partial charge >= 0.3 is 5.97 Å². The monoisotopic (exact) mass is 301 g/mol. The summed E-state index contributed by atoms with van der Waals surface area (Å²) >= 11 is 3.31. The first-order valence-electron chi connectivity index (χ1n) is 6.03. The van der Waals surface area contributed by atoms with Gasteiger partial charge in [0.2, 0.25) is 0 Å². The van der Waals surface area contributed by atoms with Crippen LogP contribution >= 0.6 is 22.7 Å². The minimum atomic E-state index is -0.897. The lowest BCUT2D eigenvalue weighted by Crippen LogP contribution is -1.96. The number of carbonyl (C=O) groups is 1. The number of benzene rings is 1. The minimum absolute atomic E-state index is 0.312. The lowest BCUT2D eigenvalue weighted by Gasteiger charge is -1.99. The summed E-state index contributed by atoms with van der Waals surface area (Å²) in [6.45, 7) is 0. The third kappa shape index (κ3) is 2.79. The van der Waals surface area contributed by atoms with Crippen molar-refractivity contribution < 1.29 is 9.90 Å². The summed E-state index contributed by atoms with van der Waals surface area (Å²) in [6.07, 6.45) is 0.732. The predicted octanol–water partition coefficient (Wildman–Crippen LogP) is 4.16. The van der Waals surface area contributed by atoms with Crippen LogP contribution in [0, 0.1) is 0 Å². The second-order valence-corrected chi connectivity index (χ2v) is 6.17. The second kappa shape index (κ2) is 5.56. The molecule has 20 heavy (non-hydrogen) atoms. The Morgan fingerprint density at radius 1 is 1.15 bits per heavy atom. The number of nitrogens with zero attached hydrogens (tertiary/aromatic N) is 1. The van der Waals surface area contributed by atoms with E-state index < -0.39 is 5.97 Å². The van der Waals surface area contributed by atoms with Crippen molar-refractivity contribution in [2.75, 3.05) is 0 Å². The molecule has 0 saturated carbocycles. The van der Waals surface area contributed by atoms with Crippen molar-refractivity contribution in [1.29, 1.82) is 0 Å². The third-order valence-corrected chi connectivity index (χ3v) is 4.62. The molecule has 0 bridgehead atoms. The van der Waals surface area contributed by atoms with Crippen LogP contribution in [0.3, 0.4) is 0 Å². The average Bonchev–Trinajstić information content (AvgIpc) is 3.09. The number of hydrogen-bond acceptors (Lipinski definition) is 4. The summed E-state index contributed by atoms with van der Waals surface area (Å²) in [5.74, 6) is -0.897. The first-order chi connectivity index (χ1) is 9.72. The Balaban J connectivity index is 1.76. The van der Waals surface area contributed by atoms with Gasteiger partial charge in [0.25, 0.3) is 0 Å². The molecular formula is C15H11NO2S2. The molecule has 0 radical (unpaired) electrons. The van der Waals surface area contributed by atoms with Gasteiger partial charge in [0.1, 0.15) is 0 Å². The van der Waals surface area contributed by atoms with E-state index in [0.29, 0.717) is 5.56 Å². The van der Waals surface area contributed by atoms with Gasteiger partial charge in [-0.1, -0.05) is 18.2 Å². The number of hydrogen-bond donors (Lipinski definition) is 1. The number of rotatable bonds is 4. The zero-order chi connectivity index (χ0) is 13.9. The maximum atomic E-state index is 10.8. The van der Waals surface area contributed by atoms with E-state index in [1.165, 1.54) is 4.88 Å². The van der Waals surface area contributed by atoms with Gasteiger partial charge in [0, 0.05) is 11.8 Å². The van der Waals surface area contributed by atoms with E-state index in [2.05, 4.69) is 16.4 Å². The Labute approximate surface area is 124 Å². The summed E-state index contributed by atoms with van der Waals surface area (Å²) in [6, 6.07) is 11.0. The van der Waals surface area contributed by atoms with Gasteiger partial charge < -0.3 is 5.11 Å². The van der Waals surface area contributed by atoms with Gasteiger partial charge in [0.05, 0.1) is 21.1 Å². The normalized spacial score (nSPS) is 10.6. The SMILES string of the molecule is O=C(O)c1ccc(Cc2nc(-c3cccs3)cs2)cc1. The minimum Gasteiger partial charge on any atom is -0.478 e. The quantitative estimate of drug-likeness (QED) is 0.787. The van der Waals surface area contributed by atoms with E-state index in [1.807, 2.05) is 23.6 Å². The van der Waals surface area contributed by atoms with Crippen molar-refractivity contribution in [3.63, 3.8) is 0 Å². The van der Waals surface area contributed by atoms with Crippen molar-refractivity contribution in [3.05, 3.63) is 63.3 Å². The molecule has 1 N–H and O–H groups in total. The fraction of sp³-hybridized carbons (Fsp3) is 0.0667. The summed E-state index contributed by atoms with van der Waals surface area (Å²) < 4.78 is 0. The van der Waals surface area contributed by atoms with E-state index in [0.717, 1.165) is 22.7 Å². The molecule has 0 aliphatic heterocycles. The van der Waals surface area contributed by atoms with E-state index in [4.69, 9.17) is 5.11 Å². The van der Waals surface area contributed by atoms with E-state index in [9.17, 15) is 4.79 Å². The van der Waals surface area contributed by atoms with Crippen LogP contribution in [0.1, 0.15) is 20.9 Å². The van der Waals surface area contributed by atoms with Gasteiger partial charge in [-0.3, -0.25) is 0 Å². The third-order valence-electron chi connectivity index (χ3n) is 2.88. The van der Waals surface area contributed by atoms with Crippen LogP contribution in [-0.2, 0) is 6.42 Å². The Bertz CT molecular complexity index is 715. The van der Waals surface area contributed by atoms with Crippen LogP contribution in [0.25, 0.3) is 10.6 Å². The molecule has 3 rings (SSSR count). The van der Waals surface area contributed by atoms with Crippen molar-refractivity contribution in [3.8, 4) is 10.6 Å². The Hall–Kier alpha value is -1.98. The predicted molar refractivity (Wildman–Crippen MR) is 81.6 cm³/mol. The Morgan fingerprint density at radius 2 is 1.95 bits per heavy atom. The van der Waals surface area contributed by atoms with Gasteiger partial charge in [-0.15, -0.1) is 22.7 Å². The van der Waals surface area contributed by atoms with E-state index in [-0.39, 0.29) is 0 Å². The number of thiazole rings is 1. The molecule has 0 atom stereocenters. The molecule has 5 heteroatoms. The Kier molecular flexibility index (Phi) is 3.62. The molecule has 2 aromatic heterocycles. The highest BCUT2D eigenvalue weighted by atomic mass is 32.1. The average molecular weight is 301 g/mol. The van der Waals surface area contributed by atoms with Crippen molar-refractivity contribution in [1.82, 2.24) is 4.98 Å². The summed E-state index contributed by atoms with van der Waals surface area (Å²) in [5, 5.41) is 14.0. The maximum absolute atomic E-state index is 10.8. The maximum Gasteiger partial charge on any atom is 0.335 e. The number of carboxylic acid groups (broad SMARTS) is 1. The number of aromatic nitrogens is 1. The highest BCUT2D eigenvalue weighted by molar-refractivity contribution is 7.14. The zero-order valence-electron chi connectivity index (χ0n) is 10.4. The Morgan fingerprint density at radius 3 is 2.60 bits per heavy atom. The van der Waals surface area contributed by atoms with Crippen LogP contribution in [0.15, 0.2) is 47.2 Å². The largest absolute Gasteiger partial charge is 0.478 e. The van der Waals surface area contributed by atoms with Crippen molar-refractivity contribution in [2.24, 2.45) is 0 Å². The number of thiophene rings is 1. The molecule has 0 amide bonds. The van der Waals surface area contributed by atoms with E-state index in [1.54, 1.807) is 34.8 Å². The molecule has 1 aromatic carbocycles. The highest BCUT2D eigenvalue weighted by Crippen LogP contribution is 2.27. The molecule has 100 valence electrons. The van der Waals surface area contributed by atoms with Crippen molar-refractivity contribution in [2.45, 2.75) is 6.42 Å². The lowest BCUT2D eigenvalue weighted by atomic mass is 10.1. The van der Waals surface area contributed by atoms with Gasteiger partial charge in [-0.2, -0.15) is 0 Å². The summed E-state index contributed by atoms with van der Waals surface area (Å²) in [4.78, 5) is 16.6. The molecule has 0 saturated heterocycles. The molecule has 0 fully saturated rings. The number of aromatic carboxylic acids is 1. The van der Waals surface area contributed by atoms with Gasteiger partial charge in [0.15, 0.2) is 0 Å². The molecule has 0 spiro atoms.